The van der Waals surface area contributed by atoms with E-state index in [-0.39, 0.29) is 5.75 Å². The lowest BCUT2D eigenvalue weighted by molar-refractivity contribution is 0.207. The molecule has 3 heterocycles. The van der Waals surface area contributed by atoms with Gasteiger partial charge in [-0.3, -0.25) is 0 Å². The molecule has 0 amide bonds. The third-order valence-corrected chi connectivity index (χ3v) is 5.52. The molecule has 24 heavy (non-hydrogen) atoms. The van der Waals surface area contributed by atoms with Crippen LogP contribution in [-0.4, -0.2) is 52.9 Å². The maximum Gasteiger partial charge on any atom is 0.151 e. The molecule has 2 atom stereocenters. The number of hydrogen-bond acceptors (Lipinski definition) is 5. The lowest BCUT2D eigenvalue weighted by atomic mass is 9.92. The fourth-order valence-electron chi connectivity index (χ4n) is 4.18. The minimum Gasteiger partial charge on any atom is -0.507 e. The van der Waals surface area contributed by atoms with Crippen molar-refractivity contribution in [2.45, 2.75) is 25.8 Å². The Morgan fingerprint density at radius 3 is 2.67 bits per heavy atom. The zero-order valence-corrected chi connectivity index (χ0v) is 14.3. The van der Waals surface area contributed by atoms with Crippen molar-refractivity contribution in [3.63, 3.8) is 0 Å². The van der Waals surface area contributed by atoms with Gasteiger partial charge < -0.3 is 14.9 Å². The van der Waals surface area contributed by atoms with Crippen molar-refractivity contribution in [2.75, 3.05) is 31.6 Å². The van der Waals surface area contributed by atoms with Crippen LogP contribution in [0.3, 0.4) is 0 Å². The Morgan fingerprint density at radius 1 is 1.08 bits per heavy atom. The third-order valence-electron chi connectivity index (χ3n) is 5.52. The van der Waals surface area contributed by atoms with Gasteiger partial charge in [0.05, 0.1) is 5.69 Å². The Bertz CT molecular complexity index is 710. The van der Waals surface area contributed by atoms with Gasteiger partial charge in [-0.05, 0) is 63.0 Å². The van der Waals surface area contributed by atoms with Gasteiger partial charge in [-0.1, -0.05) is 12.1 Å². The van der Waals surface area contributed by atoms with Crippen LogP contribution in [0.2, 0.25) is 0 Å². The molecule has 5 nitrogen and oxygen atoms in total. The first-order chi connectivity index (χ1) is 11.6. The van der Waals surface area contributed by atoms with Gasteiger partial charge in [-0.25, -0.2) is 0 Å². The number of nitrogens with zero attached hydrogens (tertiary/aromatic N) is 4. The van der Waals surface area contributed by atoms with Crippen molar-refractivity contribution in [3.8, 4) is 17.0 Å². The first-order valence-electron chi connectivity index (χ1n) is 8.71. The summed E-state index contributed by atoms with van der Waals surface area (Å²) < 4.78 is 0. The van der Waals surface area contributed by atoms with Crippen LogP contribution < -0.4 is 4.90 Å². The second kappa shape index (κ2) is 6.06. The van der Waals surface area contributed by atoms with Crippen LogP contribution in [0.4, 0.5) is 5.82 Å². The monoisotopic (exact) mass is 324 g/mol. The summed E-state index contributed by atoms with van der Waals surface area (Å²) in [7, 11) is 2.20. The number of phenols is 1. The number of aromatic nitrogens is 2. The molecule has 0 radical (unpaired) electrons. The van der Waals surface area contributed by atoms with Crippen LogP contribution in [0.5, 0.6) is 5.75 Å². The van der Waals surface area contributed by atoms with Gasteiger partial charge >= 0.3 is 0 Å². The Balaban J connectivity index is 1.60. The largest absolute Gasteiger partial charge is 0.507 e. The fraction of sp³-hybridized carbons (Fsp3) is 0.474. The molecule has 0 bridgehead atoms. The third kappa shape index (κ3) is 2.63. The highest BCUT2D eigenvalue weighted by Gasteiger charge is 2.38. The number of aromatic hydroxyl groups is 1. The number of likely N-dealkylation sites (tertiary alicyclic amines) is 1. The van der Waals surface area contributed by atoms with E-state index in [0.717, 1.165) is 41.6 Å². The minimum atomic E-state index is 0.257. The van der Waals surface area contributed by atoms with E-state index in [0.29, 0.717) is 6.04 Å². The summed E-state index contributed by atoms with van der Waals surface area (Å²) in [6.45, 7) is 5.35. The van der Waals surface area contributed by atoms with Gasteiger partial charge in [0, 0.05) is 24.7 Å². The Morgan fingerprint density at radius 2 is 1.92 bits per heavy atom. The van der Waals surface area contributed by atoms with Crippen LogP contribution in [0.1, 0.15) is 18.4 Å². The highest BCUT2D eigenvalue weighted by Crippen LogP contribution is 2.35. The lowest BCUT2D eigenvalue weighted by Crippen LogP contribution is -2.47. The van der Waals surface area contributed by atoms with E-state index in [1.165, 1.54) is 19.4 Å². The number of fused-ring (bicyclic) bond motifs is 1. The number of anilines is 1. The maximum absolute atomic E-state index is 10.1. The lowest BCUT2D eigenvalue weighted by Gasteiger charge is -2.36. The predicted molar refractivity (Wildman–Crippen MR) is 95.2 cm³/mol. The van der Waals surface area contributed by atoms with E-state index in [1.807, 2.05) is 31.2 Å². The normalized spacial score (nSPS) is 24.2. The summed E-state index contributed by atoms with van der Waals surface area (Å²) in [5.41, 5.74) is 2.51. The SMILES string of the molecule is Cc1cccc(O)c1-c1ccc(N2CC[C@H]3CCN(C)C[C@H]32)nn1. The van der Waals surface area contributed by atoms with E-state index >= 15 is 0 Å². The summed E-state index contributed by atoms with van der Waals surface area (Å²) in [5.74, 6) is 1.99. The van der Waals surface area contributed by atoms with Crippen LogP contribution in [0.25, 0.3) is 11.3 Å². The first kappa shape index (κ1) is 15.4. The van der Waals surface area contributed by atoms with Gasteiger partial charge in [0.1, 0.15) is 5.75 Å². The minimum absolute atomic E-state index is 0.257. The molecule has 2 aromatic rings. The first-order valence-corrected chi connectivity index (χ1v) is 8.71. The smallest absolute Gasteiger partial charge is 0.151 e. The fourth-order valence-corrected chi connectivity index (χ4v) is 4.18. The van der Waals surface area contributed by atoms with E-state index < -0.39 is 0 Å². The van der Waals surface area contributed by atoms with Crippen LogP contribution in [-0.2, 0) is 0 Å². The summed E-state index contributed by atoms with van der Waals surface area (Å²) in [6, 6.07) is 10.1. The van der Waals surface area contributed by atoms with Gasteiger partial charge in [0.25, 0.3) is 0 Å². The molecule has 5 heteroatoms. The van der Waals surface area contributed by atoms with E-state index in [2.05, 4.69) is 27.0 Å². The van der Waals surface area contributed by atoms with Crippen LogP contribution >= 0.6 is 0 Å². The zero-order valence-electron chi connectivity index (χ0n) is 14.3. The van der Waals surface area contributed by atoms with Crippen molar-refractivity contribution in [1.29, 1.82) is 0 Å². The van der Waals surface area contributed by atoms with Crippen molar-refractivity contribution in [2.24, 2.45) is 5.92 Å². The second-order valence-corrected chi connectivity index (χ2v) is 7.11. The summed E-state index contributed by atoms with van der Waals surface area (Å²) in [4.78, 5) is 4.82. The number of rotatable bonds is 2. The molecule has 2 aliphatic heterocycles. The second-order valence-electron chi connectivity index (χ2n) is 7.11. The highest BCUT2D eigenvalue weighted by molar-refractivity contribution is 5.70. The van der Waals surface area contributed by atoms with Crippen molar-refractivity contribution >= 4 is 5.82 Å². The van der Waals surface area contributed by atoms with Gasteiger partial charge in [-0.2, -0.15) is 0 Å². The summed E-state index contributed by atoms with van der Waals surface area (Å²) in [6.07, 6.45) is 2.53. The predicted octanol–water partition coefficient (Wildman–Crippen LogP) is 2.69. The van der Waals surface area contributed by atoms with Crippen molar-refractivity contribution < 1.29 is 5.11 Å². The van der Waals surface area contributed by atoms with Gasteiger partial charge in [-0.15, -0.1) is 10.2 Å². The molecule has 1 aromatic carbocycles. The van der Waals surface area contributed by atoms with Crippen molar-refractivity contribution in [1.82, 2.24) is 15.1 Å². The van der Waals surface area contributed by atoms with Gasteiger partial charge in [0.15, 0.2) is 5.82 Å². The topological polar surface area (TPSA) is 52.5 Å². The number of benzene rings is 1. The molecule has 0 aliphatic carbocycles. The number of hydrogen-bond donors (Lipinski definition) is 1. The molecule has 1 aromatic heterocycles. The molecular weight excluding hydrogens is 300 g/mol. The maximum atomic E-state index is 10.1. The molecule has 1 N–H and O–H groups in total. The van der Waals surface area contributed by atoms with E-state index in [4.69, 9.17) is 0 Å². The quantitative estimate of drug-likeness (QED) is 0.920. The highest BCUT2D eigenvalue weighted by atomic mass is 16.3. The molecule has 4 rings (SSSR count). The molecule has 126 valence electrons. The average molecular weight is 324 g/mol. The molecule has 0 saturated carbocycles. The summed E-state index contributed by atoms with van der Waals surface area (Å²) >= 11 is 0. The Kier molecular flexibility index (Phi) is 3.88. The molecule has 2 aliphatic rings. The van der Waals surface area contributed by atoms with Crippen LogP contribution in [0.15, 0.2) is 30.3 Å². The molecule has 2 saturated heterocycles. The van der Waals surface area contributed by atoms with Crippen molar-refractivity contribution in [3.05, 3.63) is 35.9 Å². The molecule has 2 fully saturated rings. The molecular formula is C19H24N4O. The average Bonchev–Trinajstić information content (AvgIpc) is 2.98. The van der Waals surface area contributed by atoms with E-state index in [1.54, 1.807) is 6.07 Å². The van der Waals surface area contributed by atoms with Crippen LogP contribution in [0, 0.1) is 12.8 Å². The zero-order chi connectivity index (χ0) is 16.7. The number of aryl methyl sites for hydroxylation is 1. The Hall–Kier alpha value is -2.14. The number of likely N-dealkylation sites (N-methyl/N-ethyl adjacent to an activating group) is 1. The molecule has 0 unspecified atom stereocenters. The van der Waals surface area contributed by atoms with E-state index in [9.17, 15) is 5.11 Å². The van der Waals surface area contributed by atoms with Gasteiger partial charge in [0.2, 0.25) is 0 Å². The molecule has 0 spiro atoms. The number of phenolic OH excluding ortho intramolecular Hbond substituents is 1. The standard InChI is InChI=1S/C19H24N4O/c1-13-4-3-5-17(24)19(13)15-6-7-18(21-20-15)23-11-9-14-8-10-22(2)12-16(14)23/h3-7,14,16,24H,8-12H2,1-2H3/t14-,16-/m1/s1. The number of piperidine rings is 1. The Labute approximate surface area is 142 Å². The summed E-state index contributed by atoms with van der Waals surface area (Å²) in [5, 5.41) is 19.0.